The van der Waals surface area contributed by atoms with Gasteiger partial charge in [-0.05, 0) is 24.7 Å². The smallest absolute Gasteiger partial charge is 0.271 e. The van der Waals surface area contributed by atoms with Crippen LogP contribution in [0.5, 0.6) is 5.75 Å². The number of carbonyl (C=O) groups excluding carboxylic acids is 2. The first-order valence-electron chi connectivity index (χ1n) is 5.54. The molecular formula is C12H14N2O4. The number of anilines is 1. The van der Waals surface area contributed by atoms with Crippen LogP contribution in [0.25, 0.3) is 0 Å². The van der Waals surface area contributed by atoms with Crippen LogP contribution in [-0.4, -0.2) is 37.2 Å². The molecule has 2 rings (SSSR count). The van der Waals surface area contributed by atoms with Gasteiger partial charge in [-0.1, -0.05) is 6.07 Å². The number of aliphatic hydroxyl groups is 1. The van der Waals surface area contributed by atoms with Crippen LogP contribution in [0.15, 0.2) is 18.2 Å². The van der Waals surface area contributed by atoms with Crippen molar-refractivity contribution < 1.29 is 19.4 Å². The van der Waals surface area contributed by atoms with Gasteiger partial charge in [-0.3, -0.25) is 9.59 Å². The summed E-state index contributed by atoms with van der Waals surface area (Å²) >= 11 is 0. The van der Waals surface area contributed by atoms with E-state index in [0.717, 1.165) is 10.5 Å². The number of carbonyl (C=O) groups is 2. The van der Waals surface area contributed by atoms with E-state index in [0.29, 0.717) is 18.0 Å². The van der Waals surface area contributed by atoms with Crippen LogP contribution in [0, 0.1) is 0 Å². The monoisotopic (exact) mass is 250 g/mol. The molecule has 0 aliphatic carbocycles. The molecule has 0 atom stereocenters. The Morgan fingerprint density at radius 2 is 2.33 bits per heavy atom. The van der Waals surface area contributed by atoms with Crippen molar-refractivity contribution in [2.45, 2.75) is 6.54 Å². The predicted octanol–water partition coefficient (Wildman–Crippen LogP) is -0.350. The Balaban J connectivity index is 2.43. The third-order valence-electron chi connectivity index (χ3n) is 2.63. The first-order chi connectivity index (χ1) is 8.67. The van der Waals surface area contributed by atoms with E-state index in [1.807, 2.05) is 6.07 Å². The maximum Gasteiger partial charge on any atom is 0.271 e. The third kappa shape index (κ3) is 2.20. The van der Waals surface area contributed by atoms with Crippen LogP contribution in [0.4, 0.5) is 5.69 Å². The number of nitrogens with one attached hydrogen (secondary N) is 1. The van der Waals surface area contributed by atoms with Gasteiger partial charge >= 0.3 is 0 Å². The molecule has 0 saturated heterocycles. The van der Waals surface area contributed by atoms with Gasteiger partial charge in [0.2, 0.25) is 0 Å². The van der Waals surface area contributed by atoms with Crippen LogP contribution in [0.2, 0.25) is 0 Å². The fraction of sp³-hybridized carbons (Fsp3) is 0.333. The fourth-order valence-corrected chi connectivity index (χ4v) is 1.86. The number of ether oxygens (including phenoxy) is 1. The zero-order chi connectivity index (χ0) is 13.1. The van der Waals surface area contributed by atoms with E-state index in [4.69, 9.17) is 9.84 Å². The summed E-state index contributed by atoms with van der Waals surface area (Å²) < 4.78 is 5.25. The lowest BCUT2D eigenvalue weighted by molar-refractivity contribution is -0.129. The van der Waals surface area contributed by atoms with Gasteiger partial charge in [-0.15, -0.1) is 0 Å². The van der Waals surface area contributed by atoms with Crippen molar-refractivity contribution in [1.29, 1.82) is 0 Å². The Morgan fingerprint density at radius 3 is 3.00 bits per heavy atom. The lowest BCUT2D eigenvalue weighted by Crippen LogP contribution is -2.44. The molecule has 1 aliphatic heterocycles. The van der Waals surface area contributed by atoms with Gasteiger partial charge in [-0.2, -0.15) is 0 Å². The van der Waals surface area contributed by atoms with Gasteiger partial charge in [0.05, 0.1) is 5.69 Å². The molecule has 2 amide bonds. The maximum absolute atomic E-state index is 11.7. The van der Waals surface area contributed by atoms with Crippen LogP contribution >= 0.6 is 0 Å². The van der Waals surface area contributed by atoms with Crippen molar-refractivity contribution in [2.75, 3.05) is 25.2 Å². The molecule has 0 saturated carbocycles. The second-order valence-corrected chi connectivity index (χ2v) is 3.90. The van der Waals surface area contributed by atoms with Crippen LogP contribution < -0.4 is 15.0 Å². The number of hydrogen-bond donors (Lipinski definition) is 2. The summed E-state index contributed by atoms with van der Waals surface area (Å²) in [6.07, 6.45) is 0. The minimum absolute atomic E-state index is 0.190. The number of nitrogens with zero attached hydrogens (tertiary/aromatic N) is 1. The Kier molecular flexibility index (Phi) is 3.59. The number of amides is 2. The topological polar surface area (TPSA) is 78.9 Å². The minimum atomic E-state index is -0.707. The zero-order valence-corrected chi connectivity index (χ0v) is 9.97. The Morgan fingerprint density at radius 1 is 1.56 bits per heavy atom. The highest BCUT2D eigenvalue weighted by atomic mass is 16.5. The van der Waals surface area contributed by atoms with Crippen LogP contribution in [0.1, 0.15) is 5.56 Å². The molecule has 18 heavy (non-hydrogen) atoms. The molecule has 1 heterocycles. The average Bonchev–Trinajstić information content (AvgIpc) is 2.38. The summed E-state index contributed by atoms with van der Waals surface area (Å²) in [5, 5.41) is 11.9. The molecule has 0 fully saturated rings. The normalized spacial score (nSPS) is 14.1. The number of imide groups is 1. The van der Waals surface area contributed by atoms with E-state index in [2.05, 4.69) is 5.32 Å². The Hall–Kier alpha value is -1.92. The SMILES string of the molecule is CNCc1ccc2c(c1)N(C(=O)CO)C(=O)CO2. The third-order valence-corrected chi connectivity index (χ3v) is 2.63. The van der Waals surface area contributed by atoms with Crippen molar-refractivity contribution in [3.63, 3.8) is 0 Å². The van der Waals surface area contributed by atoms with E-state index >= 15 is 0 Å². The molecule has 1 aliphatic rings. The standard InChI is InChI=1S/C12H14N2O4/c1-13-5-8-2-3-10-9(4-8)14(11(16)6-15)12(17)7-18-10/h2-4,13,15H,5-7H2,1H3. The maximum atomic E-state index is 11.7. The molecular weight excluding hydrogens is 236 g/mol. The van der Waals surface area contributed by atoms with Crippen molar-refractivity contribution in [3.05, 3.63) is 23.8 Å². The number of benzene rings is 1. The molecule has 0 unspecified atom stereocenters. The predicted molar refractivity (Wildman–Crippen MR) is 64.3 cm³/mol. The summed E-state index contributed by atoms with van der Waals surface area (Å²) in [5.74, 6) is -0.648. The van der Waals surface area contributed by atoms with E-state index in [1.54, 1.807) is 19.2 Å². The lowest BCUT2D eigenvalue weighted by Gasteiger charge is -2.27. The molecule has 2 N–H and O–H groups in total. The number of fused-ring (bicyclic) bond motifs is 1. The quantitative estimate of drug-likeness (QED) is 0.766. The average molecular weight is 250 g/mol. The summed E-state index contributed by atoms with van der Waals surface area (Å²) in [7, 11) is 1.80. The van der Waals surface area contributed by atoms with Gasteiger partial charge in [-0.25, -0.2) is 4.90 Å². The number of rotatable bonds is 3. The van der Waals surface area contributed by atoms with Gasteiger partial charge in [0, 0.05) is 6.54 Å². The zero-order valence-electron chi connectivity index (χ0n) is 9.97. The number of aliphatic hydroxyl groups excluding tert-OH is 1. The van der Waals surface area contributed by atoms with Gasteiger partial charge in [0.15, 0.2) is 6.61 Å². The van der Waals surface area contributed by atoms with Crippen molar-refractivity contribution in [3.8, 4) is 5.75 Å². The summed E-state index contributed by atoms with van der Waals surface area (Å²) in [4.78, 5) is 24.2. The van der Waals surface area contributed by atoms with E-state index in [1.165, 1.54) is 0 Å². The summed E-state index contributed by atoms with van der Waals surface area (Å²) in [6, 6.07) is 5.27. The van der Waals surface area contributed by atoms with Crippen LogP contribution in [0.3, 0.4) is 0 Å². The second-order valence-electron chi connectivity index (χ2n) is 3.90. The van der Waals surface area contributed by atoms with E-state index in [-0.39, 0.29) is 6.61 Å². The van der Waals surface area contributed by atoms with Gasteiger partial charge in [0.1, 0.15) is 12.4 Å². The highest BCUT2D eigenvalue weighted by Gasteiger charge is 2.30. The van der Waals surface area contributed by atoms with Crippen molar-refractivity contribution >= 4 is 17.5 Å². The largest absolute Gasteiger partial charge is 0.482 e. The molecule has 0 radical (unpaired) electrons. The van der Waals surface area contributed by atoms with Gasteiger partial charge < -0.3 is 15.2 Å². The molecule has 1 aromatic rings. The first kappa shape index (κ1) is 12.5. The van der Waals surface area contributed by atoms with E-state index in [9.17, 15) is 9.59 Å². The van der Waals surface area contributed by atoms with Gasteiger partial charge in [0.25, 0.3) is 11.8 Å². The molecule has 0 aromatic heterocycles. The summed E-state index contributed by atoms with van der Waals surface area (Å²) in [5.41, 5.74) is 1.31. The summed E-state index contributed by atoms with van der Waals surface area (Å²) in [6.45, 7) is -0.284. The Labute approximate surface area is 104 Å². The Bertz CT molecular complexity index is 487. The molecule has 6 heteroatoms. The fourth-order valence-electron chi connectivity index (χ4n) is 1.86. The molecule has 0 spiro atoms. The van der Waals surface area contributed by atoms with E-state index < -0.39 is 18.4 Å². The highest BCUT2D eigenvalue weighted by Crippen LogP contribution is 2.33. The van der Waals surface area contributed by atoms with Crippen molar-refractivity contribution in [2.24, 2.45) is 0 Å². The molecule has 96 valence electrons. The molecule has 1 aromatic carbocycles. The van der Waals surface area contributed by atoms with Crippen LogP contribution in [-0.2, 0) is 16.1 Å². The first-order valence-corrected chi connectivity index (χ1v) is 5.54. The molecule has 0 bridgehead atoms. The van der Waals surface area contributed by atoms with Crippen molar-refractivity contribution in [1.82, 2.24) is 5.32 Å². The highest BCUT2D eigenvalue weighted by molar-refractivity contribution is 6.17. The second kappa shape index (κ2) is 5.16. The minimum Gasteiger partial charge on any atom is -0.482 e. The number of hydrogen-bond acceptors (Lipinski definition) is 5. The lowest BCUT2D eigenvalue weighted by atomic mass is 10.1. The molecule has 6 nitrogen and oxygen atoms in total.